The highest BCUT2D eigenvalue weighted by molar-refractivity contribution is 7.98. The molecular formula is C17H25N5O2S2. The molecule has 1 fully saturated rings. The van der Waals surface area contributed by atoms with E-state index in [-0.39, 0.29) is 13.1 Å². The molecule has 0 saturated carbocycles. The highest BCUT2D eigenvalue weighted by Gasteiger charge is 2.12. The average Bonchev–Trinajstić information content (AvgIpc) is 3.07. The molecule has 0 amide bonds. The lowest BCUT2D eigenvalue weighted by atomic mass is 10.1. The van der Waals surface area contributed by atoms with E-state index in [1.165, 1.54) is 37.4 Å². The number of aliphatic imine (C=N–C) groups is 1. The fourth-order valence-electron chi connectivity index (χ4n) is 2.66. The quantitative estimate of drug-likeness (QED) is 0.163. The van der Waals surface area contributed by atoms with Crippen molar-refractivity contribution in [3.63, 3.8) is 0 Å². The first-order valence-corrected chi connectivity index (χ1v) is 10.8. The number of amidine groups is 1. The fraction of sp³-hybridized carbons (Fsp3) is 0.647. The van der Waals surface area contributed by atoms with Gasteiger partial charge in [-0.2, -0.15) is 11.8 Å². The van der Waals surface area contributed by atoms with Gasteiger partial charge in [0.25, 0.3) is 6.54 Å². The Morgan fingerprint density at radius 1 is 1.50 bits per heavy atom. The molecular weight excluding hydrogens is 370 g/mol. The number of nitro groups is 1. The number of piperidine rings is 1. The molecule has 0 radical (unpaired) electrons. The van der Waals surface area contributed by atoms with E-state index in [2.05, 4.69) is 26.5 Å². The van der Waals surface area contributed by atoms with Crippen molar-refractivity contribution in [2.24, 2.45) is 4.99 Å². The lowest BCUT2D eigenvalue weighted by Gasteiger charge is -2.25. The van der Waals surface area contributed by atoms with Gasteiger partial charge in [0.2, 0.25) is 0 Å². The third kappa shape index (κ3) is 8.17. The Balaban J connectivity index is 1.67. The highest BCUT2D eigenvalue weighted by Crippen LogP contribution is 2.19. The van der Waals surface area contributed by atoms with Gasteiger partial charge in [-0.25, -0.2) is 4.98 Å². The Bertz CT molecular complexity index is 635. The number of hydrogen-bond acceptors (Lipinski definition) is 7. The van der Waals surface area contributed by atoms with Crippen LogP contribution in [-0.2, 0) is 12.3 Å². The van der Waals surface area contributed by atoms with E-state index >= 15 is 0 Å². The fourth-order valence-corrected chi connectivity index (χ4v) is 4.32. The van der Waals surface area contributed by atoms with Crippen LogP contribution in [0.4, 0.5) is 0 Å². The molecule has 0 aliphatic carbocycles. The maximum atomic E-state index is 10.6. The van der Waals surface area contributed by atoms with Crippen molar-refractivity contribution in [2.75, 3.05) is 38.5 Å². The molecule has 0 unspecified atom stereocenters. The normalized spacial score (nSPS) is 15.6. The summed E-state index contributed by atoms with van der Waals surface area (Å²) in [6.07, 6.45) is 9.10. The number of hydrogen-bond donors (Lipinski definition) is 1. The number of thiazole rings is 1. The van der Waals surface area contributed by atoms with E-state index < -0.39 is 4.92 Å². The Morgan fingerprint density at radius 2 is 2.31 bits per heavy atom. The van der Waals surface area contributed by atoms with Crippen LogP contribution < -0.4 is 5.32 Å². The zero-order valence-corrected chi connectivity index (χ0v) is 16.5. The van der Waals surface area contributed by atoms with Gasteiger partial charge >= 0.3 is 0 Å². The molecule has 7 nitrogen and oxygen atoms in total. The standard InChI is InChI=1S/C17H25N5O2S2/c1-2-6-18-16(11-22(23)24)19-7-10-25-13-15-14-26-17(20-15)12-21-8-4-3-5-9-21/h1,14H,3-13H2,(H,18,19). The summed E-state index contributed by atoms with van der Waals surface area (Å²) in [4.78, 5) is 21.6. The van der Waals surface area contributed by atoms with Crippen LogP contribution in [0.15, 0.2) is 10.4 Å². The summed E-state index contributed by atoms with van der Waals surface area (Å²) in [7, 11) is 0. The number of nitrogens with zero attached hydrogens (tertiary/aromatic N) is 4. The summed E-state index contributed by atoms with van der Waals surface area (Å²) in [5, 5.41) is 16.7. The molecule has 26 heavy (non-hydrogen) atoms. The number of rotatable bonds is 10. The number of terminal acetylenes is 1. The highest BCUT2D eigenvalue weighted by atomic mass is 32.2. The smallest absolute Gasteiger partial charge is 0.259 e. The number of likely N-dealkylation sites (tertiary alicyclic amines) is 1. The number of thioether (sulfide) groups is 1. The van der Waals surface area contributed by atoms with Crippen LogP contribution in [-0.4, -0.2) is 59.1 Å². The molecule has 142 valence electrons. The van der Waals surface area contributed by atoms with Crippen LogP contribution in [0.1, 0.15) is 30.0 Å². The second-order valence-corrected chi connectivity index (χ2v) is 8.05. The molecule has 0 atom stereocenters. The molecule has 1 aliphatic heterocycles. The van der Waals surface area contributed by atoms with Crippen molar-refractivity contribution >= 4 is 28.9 Å². The summed E-state index contributed by atoms with van der Waals surface area (Å²) in [5.41, 5.74) is 1.10. The Morgan fingerprint density at radius 3 is 3.04 bits per heavy atom. The van der Waals surface area contributed by atoms with E-state index in [4.69, 9.17) is 11.4 Å². The van der Waals surface area contributed by atoms with Crippen molar-refractivity contribution in [3.8, 4) is 12.3 Å². The summed E-state index contributed by atoms with van der Waals surface area (Å²) < 4.78 is 0. The van der Waals surface area contributed by atoms with Gasteiger partial charge in [0.1, 0.15) is 5.01 Å². The first-order chi connectivity index (χ1) is 12.7. The molecule has 9 heteroatoms. The summed E-state index contributed by atoms with van der Waals surface area (Å²) in [6.45, 7) is 3.78. The molecule has 1 N–H and O–H groups in total. The first-order valence-electron chi connectivity index (χ1n) is 8.73. The van der Waals surface area contributed by atoms with Gasteiger partial charge in [-0.05, 0) is 25.9 Å². The van der Waals surface area contributed by atoms with Gasteiger partial charge in [-0.3, -0.25) is 20.0 Å². The minimum absolute atomic E-state index is 0.248. The first kappa shape index (κ1) is 20.7. The van der Waals surface area contributed by atoms with Crippen molar-refractivity contribution < 1.29 is 4.92 Å². The van der Waals surface area contributed by atoms with E-state index in [1.54, 1.807) is 23.1 Å². The van der Waals surface area contributed by atoms with Crippen molar-refractivity contribution in [2.45, 2.75) is 31.6 Å². The zero-order valence-electron chi connectivity index (χ0n) is 14.9. The van der Waals surface area contributed by atoms with Crippen LogP contribution in [0.25, 0.3) is 0 Å². The lowest BCUT2D eigenvalue weighted by Crippen LogP contribution is -2.31. The van der Waals surface area contributed by atoms with Crippen molar-refractivity contribution in [3.05, 3.63) is 26.2 Å². The summed E-state index contributed by atoms with van der Waals surface area (Å²) in [5.74, 6) is 4.37. The second-order valence-electron chi connectivity index (χ2n) is 6.00. The molecule has 0 spiro atoms. The topological polar surface area (TPSA) is 83.7 Å². The largest absolute Gasteiger partial charge is 0.357 e. The molecule has 0 bridgehead atoms. The third-order valence-corrected chi connectivity index (χ3v) is 5.72. The minimum atomic E-state index is -0.408. The zero-order chi connectivity index (χ0) is 18.6. The van der Waals surface area contributed by atoms with Gasteiger partial charge in [0, 0.05) is 21.8 Å². The maximum absolute atomic E-state index is 10.6. The molecule has 1 saturated heterocycles. The Labute approximate surface area is 162 Å². The van der Waals surface area contributed by atoms with E-state index in [9.17, 15) is 10.1 Å². The average molecular weight is 396 g/mol. The third-order valence-electron chi connectivity index (χ3n) is 3.87. The summed E-state index contributed by atoms with van der Waals surface area (Å²) in [6, 6.07) is 0. The molecule has 1 aromatic rings. The van der Waals surface area contributed by atoms with Gasteiger partial charge in [-0.15, -0.1) is 17.8 Å². The van der Waals surface area contributed by atoms with E-state index in [1.807, 2.05) is 0 Å². The predicted molar refractivity (Wildman–Crippen MR) is 108 cm³/mol. The van der Waals surface area contributed by atoms with Crippen LogP contribution in [0, 0.1) is 22.5 Å². The van der Waals surface area contributed by atoms with E-state index in [0.29, 0.717) is 12.4 Å². The maximum Gasteiger partial charge on any atom is 0.259 e. The van der Waals surface area contributed by atoms with Crippen LogP contribution in [0.5, 0.6) is 0 Å². The van der Waals surface area contributed by atoms with Gasteiger partial charge in [-0.1, -0.05) is 12.3 Å². The summed E-state index contributed by atoms with van der Waals surface area (Å²) >= 11 is 3.47. The second kappa shape index (κ2) is 11.9. The molecule has 1 aromatic heterocycles. The molecule has 0 aromatic carbocycles. The Hall–Kier alpha value is -1.63. The van der Waals surface area contributed by atoms with Crippen LogP contribution in [0.3, 0.4) is 0 Å². The molecule has 2 rings (SSSR count). The Kier molecular flexibility index (Phi) is 9.45. The van der Waals surface area contributed by atoms with Crippen LogP contribution >= 0.6 is 23.1 Å². The van der Waals surface area contributed by atoms with Gasteiger partial charge < -0.3 is 5.32 Å². The predicted octanol–water partition coefficient (Wildman–Crippen LogP) is 2.26. The SMILES string of the molecule is C#CCNC(C[N+](=O)[O-])=NCCSCc1csc(CN2CCCCC2)n1. The van der Waals surface area contributed by atoms with Crippen molar-refractivity contribution in [1.82, 2.24) is 15.2 Å². The van der Waals surface area contributed by atoms with Crippen LogP contribution in [0.2, 0.25) is 0 Å². The van der Waals surface area contributed by atoms with E-state index in [0.717, 1.165) is 23.7 Å². The number of nitrogens with one attached hydrogen (secondary N) is 1. The molecule has 1 aliphatic rings. The monoisotopic (exact) mass is 395 g/mol. The molecule has 2 heterocycles. The number of aromatic nitrogens is 1. The van der Waals surface area contributed by atoms with Crippen molar-refractivity contribution in [1.29, 1.82) is 0 Å². The van der Waals surface area contributed by atoms with Gasteiger partial charge in [0.15, 0.2) is 5.84 Å². The minimum Gasteiger partial charge on any atom is -0.357 e. The van der Waals surface area contributed by atoms with Gasteiger partial charge in [0.05, 0.1) is 25.3 Å². The lowest BCUT2D eigenvalue weighted by molar-refractivity contribution is -0.463.